The van der Waals surface area contributed by atoms with E-state index < -0.39 is 0 Å². The zero-order valence-electron chi connectivity index (χ0n) is 14.2. The predicted octanol–water partition coefficient (Wildman–Crippen LogP) is 0.740. The number of pyridine rings is 1. The van der Waals surface area contributed by atoms with Crippen LogP contribution in [0.25, 0.3) is 0 Å². The second-order valence-corrected chi connectivity index (χ2v) is 5.92. The van der Waals surface area contributed by atoms with E-state index in [4.69, 9.17) is 4.74 Å². The maximum atomic E-state index is 12.1. The molecule has 6 heteroatoms. The van der Waals surface area contributed by atoms with E-state index in [0.717, 1.165) is 44.9 Å². The number of hydrogen-bond acceptors (Lipinski definition) is 5. The summed E-state index contributed by atoms with van der Waals surface area (Å²) >= 11 is 0. The first kappa shape index (κ1) is 17.8. The zero-order chi connectivity index (χ0) is 16.5. The molecule has 1 aromatic heterocycles. The Kier molecular flexibility index (Phi) is 7.45. The highest BCUT2D eigenvalue weighted by Crippen LogP contribution is 2.12. The minimum Gasteiger partial charge on any atom is -0.383 e. The topological polar surface area (TPSA) is 57.7 Å². The van der Waals surface area contributed by atoms with Crippen LogP contribution in [-0.2, 0) is 16.1 Å². The van der Waals surface area contributed by atoms with E-state index in [2.05, 4.69) is 27.0 Å². The Labute approximate surface area is 138 Å². The van der Waals surface area contributed by atoms with E-state index in [1.54, 1.807) is 13.3 Å². The van der Waals surface area contributed by atoms with Crippen LogP contribution in [0.4, 0.5) is 0 Å². The molecule has 0 aliphatic carbocycles. The van der Waals surface area contributed by atoms with Gasteiger partial charge in [0, 0.05) is 45.5 Å². The van der Waals surface area contributed by atoms with Gasteiger partial charge in [-0.1, -0.05) is 13.0 Å². The minimum atomic E-state index is 0.0656. The molecule has 1 saturated heterocycles. The van der Waals surface area contributed by atoms with Gasteiger partial charge in [-0.2, -0.15) is 0 Å². The Morgan fingerprint density at radius 3 is 3.00 bits per heavy atom. The molecule has 128 valence electrons. The monoisotopic (exact) mass is 320 g/mol. The Morgan fingerprint density at radius 1 is 1.43 bits per heavy atom. The molecule has 1 N–H and O–H groups in total. The first-order valence-electron chi connectivity index (χ1n) is 8.35. The molecule has 1 amide bonds. The van der Waals surface area contributed by atoms with Crippen molar-refractivity contribution in [3.8, 4) is 0 Å². The van der Waals surface area contributed by atoms with Crippen LogP contribution in [0.2, 0.25) is 0 Å². The quantitative estimate of drug-likeness (QED) is 0.766. The number of carbonyl (C=O) groups excluding carboxylic acids is 1. The van der Waals surface area contributed by atoms with Gasteiger partial charge in [-0.25, -0.2) is 0 Å². The molecule has 6 nitrogen and oxygen atoms in total. The number of methoxy groups -OCH3 is 1. The summed E-state index contributed by atoms with van der Waals surface area (Å²) < 4.78 is 5.18. The highest BCUT2D eigenvalue weighted by Gasteiger charge is 2.26. The molecule has 1 aliphatic heterocycles. The highest BCUT2D eigenvalue weighted by atomic mass is 16.5. The lowest BCUT2D eigenvalue weighted by atomic mass is 10.1. The second kappa shape index (κ2) is 9.60. The fourth-order valence-corrected chi connectivity index (χ4v) is 2.94. The minimum absolute atomic E-state index is 0.0656. The van der Waals surface area contributed by atoms with Gasteiger partial charge in [-0.15, -0.1) is 0 Å². The van der Waals surface area contributed by atoms with Crippen molar-refractivity contribution in [2.24, 2.45) is 0 Å². The SMILES string of the molecule is CC[C@@H]1CN(CC(=O)NCc2ccccn2)CCN1CCOC. The standard InChI is InChI=1S/C17H28N4O2/c1-3-16-13-20(8-9-21(16)10-11-23-2)14-17(22)19-12-15-6-4-5-7-18-15/h4-7,16H,3,8-14H2,1-2H3,(H,19,22)/t16-/m1/s1. The fraction of sp³-hybridized carbons (Fsp3) is 0.647. The van der Waals surface area contributed by atoms with Crippen LogP contribution in [0.15, 0.2) is 24.4 Å². The van der Waals surface area contributed by atoms with E-state index >= 15 is 0 Å². The van der Waals surface area contributed by atoms with Crippen LogP contribution in [0, 0.1) is 0 Å². The van der Waals surface area contributed by atoms with Gasteiger partial charge >= 0.3 is 0 Å². The third-order valence-corrected chi connectivity index (χ3v) is 4.30. The summed E-state index contributed by atoms with van der Waals surface area (Å²) in [4.78, 5) is 21.0. The molecule has 0 aromatic carbocycles. The van der Waals surface area contributed by atoms with Crippen molar-refractivity contribution in [3.05, 3.63) is 30.1 Å². The first-order chi connectivity index (χ1) is 11.2. The first-order valence-corrected chi connectivity index (χ1v) is 8.35. The molecule has 0 saturated carbocycles. The molecule has 1 aromatic rings. The number of amides is 1. The number of rotatable bonds is 8. The summed E-state index contributed by atoms with van der Waals surface area (Å²) in [5.41, 5.74) is 0.886. The van der Waals surface area contributed by atoms with Crippen molar-refractivity contribution in [1.29, 1.82) is 0 Å². The zero-order valence-corrected chi connectivity index (χ0v) is 14.2. The molecule has 0 radical (unpaired) electrons. The van der Waals surface area contributed by atoms with Crippen molar-refractivity contribution in [1.82, 2.24) is 20.1 Å². The third-order valence-electron chi connectivity index (χ3n) is 4.30. The molecule has 0 unspecified atom stereocenters. The van der Waals surface area contributed by atoms with E-state index in [1.165, 1.54) is 0 Å². The Hall–Kier alpha value is -1.50. The molecule has 23 heavy (non-hydrogen) atoms. The number of aromatic nitrogens is 1. The number of piperazine rings is 1. The molecular weight excluding hydrogens is 292 g/mol. The lowest BCUT2D eigenvalue weighted by Crippen LogP contribution is -2.55. The average Bonchev–Trinajstić information content (AvgIpc) is 2.59. The van der Waals surface area contributed by atoms with Gasteiger partial charge in [0.2, 0.25) is 5.91 Å². The summed E-state index contributed by atoms with van der Waals surface area (Å²) in [6, 6.07) is 6.23. The van der Waals surface area contributed by atoms with Gasteiger partial charge < -0.3 is 10.1 Å². The maximum Gasteiger partial charge on any atom is 0.234 e. The highest BCUT2D eigenvalue weighted by molar-refractivity contribution is 5.77. The molecule has 2 heterocycles. The molecule has 1 atom stereocenters. The number of carbonyl (C=O) groups is 1. The number of hydrogen-bond donors (Lipinski definition) is 1. The normalized spacial score (nSPS) is 19.7. The molecule has 0 spiro atoms. The van der Waals surface area contributed by atoms with Crippen molar-refractivity contribution < 1.29 is 9.53 Å². The maximum absolute atomic E-state index is 12.1. The van der Waals surface area contributed by atoms with Gasteiger partial charge in [0.15, 0.2) is 0 Å². The summed E-state index contributed by atoms with van der Waals surface area (Å²) in [5.74, 6) is 0.0656. The van der Waals surface area contributed by atoms with Gasteiger partial charge in [0.25, 0.3) is 0 Å². The van der Waals surface area contributed by atoms with Crippen molar-refractivity contribution in [2.45, 2.75) is 25.9 Å². The summed E-state index contributed by atoms with van der Waals surface area (Å²) in [5, 5.41) is 2.95. The molecule has 2 rings (SSSR count). The van der Waals surface area contributed by atoms with E-state index in [1.807, 2.05) is 18.2 Å². The van der Waals surface area contributed by atoms with Crippen molar-refractivity contribution >= 4 is 5.91 Å². The van der Waals surface area contributed by atoms with Crippen LogP contribution in [-0.4, -0.2) is 73.2 Å². The number of ether oxygens (including phenoxy) is 1. The molecule has 1 aliphatic rings. The van der Waals surface area contributed by atoms with E-state index in [9.17, 15) is 4.79 Å². The number of nitrogens with one attached hydrogen (secondary N) is 1. The van der Waals surface area contributed by atoms with Gasteiger partial charge in [0.05, 0.1) is 25.4 Å². The van der Waals surface area contributed by atoms with Crippen LogP contribution in [0.1, 0.15) is 19.0 Å². The van der Waals surface area contributed by atoms with E-state index in [0.29, 0.717) is 19.1 Å². The molecule has 0 bridgehead atoms. The van der Waals surface area contributed by atoms with Gasteiger partial charge in [-0.3, -0.25) is 19.6 Å². The predicted molar refractivity (Wildman–Crippen MR) is 90.1 cm³/mol. The third kappa shape index (κ3) is 5.89. The summed E-state index contributed by atoms with van der Waals surface area (Å²) in [6.45, 7) is 7.75. The average molecular weight is 320 g/mol. The lowest BCUT2D eigenvalue weighted by Gasteiger charge is -2.40. The Balaban J connectivity index is 1.74. The van der Waals surface area contributed by atoms with Crippen LogP contribution in [0.3, 0.4) is 0 Å². The van der Waals surface area contributed by atoms with Crippen LogP contribution >= 0.6 is 0 Å². The van der Waals surface area contributed by atoms with Gasteiger partial charge in [0.1, 0.15) is 0 Å². The van der Waals surface area contributed by atoms with Crippen molar-refractivity contribution in [3.63, 3.8) is 0 Å². The lowest BCUT2D eigenvalue weighted by molar-refractivity contribution is -0.123. The van der Waals surface area contributed by atoms with Crippen LogP contribution in [0.5, 0.6) is 0 Å². The summed E-state index contributed by atoms with van der Waals surface area (Å²) in [7, 11) is 1.74. The Morgan fingerprint density at radius 2 is 2.30 bits per heavy atom. The molecule has 1 fully saturated rings. The van der Waals surface area contributed by atoms with Crippen LogP contribution < -0.4 is 5.32 Å². The van der Waals surface area contributed by atoms with Gasteiger partial charge in [-0.05, 0) is 18.6 Å². The summed E-state index contributed by atoms with van der Waals surface area (Å²) in [6.07, 6.45) is 2.84. The smallest absolute Gasteiger partial charge is 0.234 e. The second-order valence-electron chi connectivity index (χ2n) is 5.92. The van der Waals surface area contributed by atoms with Crippen molar-refractivity contribution in [2.75, 3.05) is 46.4 Å². The largest absolute Gasteiger partial charge is 0.383 e. The number of nitrogens with zero attached hydrogens (tertiary/aromatic N) is 3. The molecular formula is C17H28N4O2. The Bertz CT molecular complexity index is 469. The fourth-order valence-electron chi connectivity index (χ4n) is 2.94. The van der Waals surface area contributed by atoms with E-state index in [-0.39, 0.29) is 5.91 Å².